The summed E-state index contributed by atoms with van der Waals surface area (Å²) in [6, 6.07) is 16.6. The first kappa shape index (κ1) is 9.64. The standard InChI is InChI=1S/C13H10N2Se/c1-2-6-11(7-3-1)16-13-10-14-12-8-4-5-9-15(12)13/h1-10H. The number of hydrogen-bond acceptors (Lipinski definition) is 1. The topological polar surface area (TPSA) is 17.3 Å². The van der Waals surface area contributed by atoms with E-state index < -0.39 is 0 Å². The maximum atomic E-state index is 4.39. The molecule has 0 aliphatic carbocycles. The van der Waals surface area contributed by atoms with E-state index in [0.29, 0.717) is 15.0 Å². The fourth-order valence-electron chi connectivity index (χ4n) is 1.59. The Kier molecular flexibility index (Phi) is 2.49. The molecule has 0 fully saturated rings. The molecule has 2 heterocycles. The van der Waals surface area contributed by atoms with Gasteiger partial charge in [-0.3, -0.25) is 0 Å². The van der Waals surface area contributed by atoms with Gasteiger partial charge in [0.05, 0.1) is 0 Å². The van der Waals surface area contributed by atoms with Crippen LogP contribution in [0.3, 0.4) is 0 Å². The second-order valence-electron chi connectivity index (χ2n) is 3.44. The number of benzene rings is 1. The summed E-state index contributed by atoms with van der Waals surface area (Å²) < 4.78 is 4.82. The third-order valence-corrected chi connectivity index (χ3v) is 4.49. The van der Waals surface area contributed by atoms with Crippen LogP contribution < -0.4 is 9.05 Å². The van der Waals surface area contributed by atoms with E-state index in [9.17, 15) is 0 Å². The number of fused-ring (bicyclic) bond motifs is 1. The molecule has 0 N–H and O–H groups in total. The Morgan fingerprint density at radius 1 is 0.938 bits per heavy atom. The number of imidazole rings is 1. The molecule has 3 heteroatoms. The van der Waals surface area contributed by atoms with E-state index in [-0.39, 0.29) is 0 Å². The molecule has 0 saturated carbocycles. The Morgan fingerprint density at radius 2 is 1.75 bits per heavy atom. The van der Waals surface area contributed by atoms with Gasteiger partial charge in [-0.05, 0) is 0 Å². The van der Waals surface area contributed by atoms with Crippen molar-refractivity contribution in [2.24, 2.45) is 0 Å². The average molecular weight is 273 g/mol. The first-order chi connectivity index (χ1) is 7.93. The van der Waals surface area contributed by atoms with Gasteiger partial charge in [0.2, 0.25) is 0 Å². The van der Waals surface area contributed by atoms with Crippen LogP contribution in [0.4, 0.5) is 0 Å². The van der Waals surface area contributed by atoms with E-state index in [4.69, 9.17) is 0 Å². The summed E-state index contributed by atoms with van der Waals surface area (Å²) in [6.07, 6.45) is 4.05. The van der Waals surface area contributed by atoms with Crippen molar-refractivity contribution in [2.75, 3.05) is 0 Å². The van der Waals surface area contributed by atoms with Crippen LogP contribution in [0.2, 0.25) is 0 Å². The molecule has 0 bridgehead atoms. The average Bonchev–Trinajstić information content (AvgIpc) is 2.74. The van der Waals surface area contributed by atoms with Crippen molar-refractivity contribution in [2.45, 2.75) is 0 Å². The number of hydrogen-bond donors (Lipinski definition) is 0. The predicted molar refractivity (Wildman–Crippen MR) is 66.7 cm³/mol. The zero-order valence-electron chi connectivity index (χ0n) is 8.58. The maximum absolute atomic E-state index is 4.39. The third-order valence-electron chi connectivity index (χ3n) is 2.35. The van der Waals surface area contributed by atoms with Gasteiger partial charge in [-0.2, -0.15) is 0 Å². The molecule has 0 radical (unpaired) electrons. The Bertz CT molecular complexity index is 601. The molecule has 78 valence electrons. The van der Waals surface area contributed by atoms with Crippen LogP contribution in [-0.2, 0) is 0 Å². The van der Waals surface area contributed by atoms with Crippen LogP contribution in [0, 0.1) is 0 Å². The molecule has 0 saturated heterocycles. The fourth-order valence-corrected chi connectivity index (χ4v) is 3.47. The molecule has 3 rings (SSSR count). The molecular weight excluding hydrogens is 263 g/mol. The van der Waals surface area contributed by atoms with Crippen molar-refractivity contribution < 1.29 is 0 Å². The van der Waals surface area contributed by atoms with Gasteiger partial charge >= 0.3 is 100.0 Å². The van der Waals surface area contributed by atoms with E-state index in [1.807, 2.05) is 30.5 Å². The van der Waals surface area contributed by atoms with E-state index in [1.165, 1.54) is 9.05 Å². The summed E-state index contributed by atoms with van der Waals surface area (Å²) in [6.45, 7) is 0. The minimum absolute atomic E-state index is 0.321. The summed E-state index contributed by atoms with van der Waals surface area (Å²) in [5, 5.41) is 0. The first-order valence-corrected chi connectivity index (χ1v) is 6.80. The summed E-state index contributed by atoms with van der Waals surface area (Å²) in [4.78, 5) is 4.39. The van der Waals surface area contributed by atoms with Crippen LogP contribution in [-0.4, -0.2) is 24.3 Å². The second kappa shape index (κ2) is 4.12. The molecule has 0 unspecified atom stereocenters. The van der Waals surface area contributed by atoms with Gasteiger partial charge in [-0.1, -0.05) is 0 Å². The molecule has 0 atom stereocenters. The van der Waals surface area contributed by atoms with Gasteiger partial charge in [0.15, 0.2) is 0 Å². The van der Waals surface area contributed by atoms with Gasteiger partial charge in [-0.25, -0.2) is 0 Å². The van der Waals surface area contributed by atoms with E-state index >= 15 is 0 Å². The quantitative estimate of drug-likeness (QED) is 0.636. The molecule has 0 spiro atoms. The minimum atomic E-state index is 0.321. The Labute approximate surface area is 100 Å². The zero-order chi connectivity index (χ0) is 10.8. The van der Waals surface area contributed by atoms with Gasteiger partial charge < -0.3 is 0 Å². The molecule has 2 aromatic heterocycles. The number of rotatable bonds is 2. The number of aromatic nitrogens is 2. The van der Waals surface area contributed by atoms with Crippen molar-refractivity contribution in [3.05, 3.63) is 60.9 Å². The third kappa shape index (κ3) is 1.75. The number of pyridine rings is 1. The zero-order valence-corrected chi connectivity index (χ0v) is 10.3. The molecule has 0 aliphatic rings. The fraction of sp³-hybridized carbons (Fsp3) is 0. The van der Waals surface area contributed by atoms with Crippen LogP contribution in [0.1, 0.15) is 0 Å². The van der Waals surface area contributed by atoms with E-state index in [2.05, 4.69) is 39.8 Å². The molecule has 2 nitrogen and oxygen atoms in total. The Morgan fingerprint density at radius 3 is 2.62 bits per heavy atom. The normalized spacial score (nSPS) is 10.8. The predicted octanol–water partition coefficient (Wildman–Crippen LogP) is 0.989. The monoisotopic (exact) mass is 274 g/mol. The molecular formula is C13H10N2Se. The summed E-state index contributed by atoms with van der Waals surface area (Å²) in [5.74, 6) is 0. The van der Waals surface area contributed by atoms with Gasteiger partial charge in [0.1, 0.15) is 0 Å². The van der Waals surface area contributed by atoms with Crippen molar-refractivity contribution >= 4 is 29.7 Å². The van der Waals surface area contributed by atoms with Crippen molar-refractivity contribution in [3.63, 3.8) is 0 Å². The van der Waals surface area contributed by atoms with E-state index in [1.54, 1.807) is 0 Å². The second-order valence-corrected chi connectivity index (χ2v) is 5.74. The first-order valence-electron chi connectivity index (χ1n) is 5.08. The summed E-state index contributed by atoms with van der Waals surface area (Å²) in [7, 11) is 0. The summed E-state index contributed by atoms with van der Waals surface area (Å²) >= 11 is 0.321. The van der Waals surface area contributed by atoms with Crippen LogP contribution >= 0.6 is 0 Å². The van der Waals surface area contributed by atoms with Crippen LogP contribution in [0.5, 0.6) is 0 Å². The van der Waals surface area contributed by atoms with E-state index in [0.717, 1.165) is 5.65 Å². The SMILES string of the molecule is c1ccc([Se]c2cnc3ccccn23)cc1. The molecule has 16 heavy (non-hydrogen) atoms. The summed E-state index contributed by atoms with van der Waals surface area (Å²) in [5.41, 5.74) is 1.02. The molecule has 3 aromatic rings. The molecule has 0 amide bonds. The van der Waals surface area contributed by atoms with Gasteiger partial charge in [0, 0.05) is 0 Å². The van der Waals surface area contributed by atoms with Crippen molar-refractivity contribution in [3.8, 4) is 0 Å². The van der Waals surface area contributed by atoms with Crippen molar-refractivity contribution in [1.29, 1.82) is 0 Å². The molecule has 0 aliphatic heterocycles. The van der Waals surface area contributed by atoms with Gasteiger partial charge in [-0.15, -0.1) is 0 Å². The van der Waals surface area contributed by atoms with Crippen LogP contribution in [0.25, 0.3) is 5.65 Å². The Hall–Kier alpha value is -1.57. The molecule has 1 aromatic carbocycles. The van der Waals surface area contributed by atoms with Crippen LogP contribution in [0.15, 0.2) is 60.9 Å². The Balaban J connectivity index is 2.01. The van der Waals surface area contributed by atoms with Gasteiger partial charge in [0.25, 0.3) is 0 Å². The van der Waals surface area contributed by atoms with Crippen molar-refractivity contribution in [1.82, 2.24) is 9.38 Å². The number of nitrogens with zero attached hydrogens (tertiary/aromatic N) is 2.